The number of carbonyl (C=O) groups is 3. The lowest BCUT2D eigenvalue weighted by Crippen LogP contribution is -2.57. The van der Waals surface area contributed by atoms with Crippen LogP contribution in [0.3, 0.4) is 0 Å². The Labute approximate surface area is 207 Å². The number of carbonyl (C=O) groups excluding carboxylic acids is 2. The molecule has 2 amide bonds. The molecule has 1 aliphatic rings. The highest BCUT2D eigenvalue weighted by Gasteiger charge is 2.44. The van der Waals surface area contributed by atoms with Crippen LogP contribution in [0.1, 0.15) is 64.5 Å². The van der Waals surface area contributed by atoms with Gasteiger partial charge in [0.1, 0.15) is 6.61 Å². The number of amides is 2. The molecule has 7 nitrogen and oxygen atoms in total. The third-order valence-electron chi connectivity index (χ3n) is 7.41. The Morgan fingerprint density at radius 3 is 2.06 bits per heavy atom. The Hall–Kier alpha value is -3.35. The number of benzene rings is 2. The van der Waals surface area contributed by atoms with Crippen LogP contribution in [0, 0.1) is 11.3 Å². The summed E-state index contributed by atoms with van der Waals surface area (Å²) in [6.07, 6.45) is 0.675. The van der Waals surface area contributed by atoms with Crippen molar-refractivity contribution in [2.45, 2.75) is 58.9 Å². The molecule has 0 bridgehead atoms. The number of fused-ring (bicyclic) bond motifs is 3. The Morgan fingerprint density at radius 1 is 0.971 bits per heavy atom. The van der Waals surface area contributed by atoms with Gasteiger partial charge in [-0.3, -0.25) is 9.59 Å². The Morgan fingerprint density at radius 2 is 1.51 bits per heavy atom. The largest absolute Gasteiger partial charge is 0.481 e. The van der Waals surface area contributed by atoms with Crippen LogP contribution >= 0.6 is 0 Å². The van der Waals surface area contributed by atoms with Crippen LogP contribution in [-0.4, -0.2) is 41.8 Å². The number of carboxylic acid groups (broad SMARTS) is 1. The summed E-state index contributed by atoms with van der Waals surface area (Å²) in [5.74, 6) is -1.48. The second-order valence-corrected chi connectivity index (χ2v) is 10.3. The summed E-state index contributed by atoms with van der Waals surface area (Å²) in [6.45, 7) is 9.06. The van der Waals surface area contributed by atoms with E-state index in [4.69, 9.17) is 4.74 Å². The van der Waals surface area contributed by atoms with Crippen molar-refractivity contribution >= 4 is 18.0 Å². The van der Waals surface area contributed by atoms with Gasteiger partial charge in [0, 0.05) is 23.9 Å². The SMILES string of the molecule is CC(CCCNC(=O)OCC1c2ccccc2-c2ccccc21)C(=O)NC(C)(C)C(C)(C)C(=O)O. The van der Waals surface area contributed by atoms with Gasteiger partial charge in [-0.05, 0) is 62.8 Å². The maximum atomic E-state index is 12.6. The van der Waals surface area contributed by atoms with Gasteiger partial charge in [0.15, 0.2) is 0 Å². The van der Waals surface area contributed by atoms with Gasteiger partial charge in [-0.25, -0.2) is 4.79 Å². The second kappa shape index (κ2) is 10.5. The summed E-state index contributed by atoms with van der Waals surface area (Å²) in [7, 11) is 0. The number of nitrogens with one attached hydrogen (secondary N) is 2. The molecule has 0 fully saturated rings. The zero-order chi connectivity index (χ0) is 25.8. The van der Waals surface area contributed by atoms with Gasteiger partial charge < -0.3 is 20.5 Å². The highest BCUT2D eigenvalue weighted by atomic mass is 16.5. The van der Waals surface area contributed by atoms with Gasteiger partial charge in [-0.1, -0.05) is 55.5 Å². The van der Waals surface area contributed by atoms with E-state index in [0.29, 0.717) is 19.4 Å². The predicted molar refractivity (Wildman–Crippen MR) is 135 cm³/mol. The zero-order valence-electron chi connectivity index (χ0n) is 21.2. The number of aliphatic carboxylic acids is 1. The van der Waals surface area contributed by atoms with E-state index in [0.717, 1.165) is 11.1 Å². The number of hydrogen-bond donors (Lipinski definition) is 3. The smallest absolute Gasteiger partial charge is 0.407 e. The third kappa shape index (κ3) is 5.66. The molecule has 7 heteroatoms. The summed E-state index contributed by atoms with van der Waals surface area (Å²) in [5.41, 5.74) is 2.65. The minimum atomic E-state index is -1.12. The normalized spacial score (nSPS) is 14.0. The average Bonchev–Trinajstić information content (AvgIpc) is 3.13. The molecule has 0 spiro atoms. The van der Waals surface area contributed by atoms with Crippen molar-refractivity contribution in [1.29, 1.82) is 0 Å². The van der Waals surface area contributed by atoms with Crippen molar-refractivity contribution in [3.8, 4) is 11.1 Å². The average molecular weight is 481 g/mol. The molecule has 1 unspecified atom stereocenters. The lowest BCUT2D eigenvalue weighted by atomic mass is 9.74. The number of ether oxygens (including phenoxy) is 1. The topological polar surface area (TPSA) is 105 Å². The fourth-order valence-corrected chi connectivity index (χ4v) is 4.23. The zero-order valence-corrected chi connectivity index (χ0v) is 21.2. The van der Waals surface area contributed by atoms with E-state index >= 15 is 0 Å². The van der Waals surface area contributed by atoms with Crippen molar-refractivity contribution in [2.24, 2.45) is 11.3 Å². The highest BCUT2D eigenvalue weighted by molar-refractivity contribution is 5.82. The molecule has 3 rings (SSSR count). The van der Waals surface area contributed by atoms with Gasteiger partial charge in [-0.15, -0.1) is 0 Å². The van der Waals surface area contributed by atoms with Crippen LogP contribution in [0.5, 0.6) is 0 Å². The summed E-state index contributed by atoms with van der Waals surface area (Å²) in [5, 5.41) is 15.1. The molecule has 0 heterocycles. The predicted octanol–water partition coefficient (Wildman–Crippen LogP) is 4.95. The summed E-state index contributed by atoms with van der Waals surface area (Å²) >= 11 is 0. The lowest BCUT2D eigenvalue weighted by Gasteiger charge is -2.39. The summed E-state index contributed by atoms with van der Waals surface area (Å²) < 4.78 is 5.53. The maximum Gasteiger partial charge on any atom is 0.407 e. The first-order valence-corrected chi connectivity index (χ1v) is 12.1. The molecule has 0 aliphatic heterocycles. The van der Waals surface area contributed by atoms with Crippen LogP contribution in [0.4, 0.5) is 4.79 Å². The molecule has 1 atom stereocenters. The number of carboxylic acids is 1. The first kappa shape index (κ1) is 26.3. The van der Waals surface area contributed by atoms with Gasteiger partial charge in [0.2, 0.25) is 5.91 Å². The van der Waals surface area contributed by atoms with E-state index in [1.165, 1.54) is 11.1 Å². The molecular formula is C28H36N2O5. The Bertz CT molecular complexity index is 1050. The van der Waals surface area contributed by atoms with Gasteiger partial charge in [-0.2, -0.15) is 0 Å². The third-order valence-corrected chi connectivity index (χ3v) is 7.41. The number of alkyl carbamates (subject to hydrolysis) is 1. The monoisotopic (exact) mass is 480 g/mol. The fourth-order valence-electron chi connectivity index (χ4n) is 4.23. The minimum absolute atomic E-state index is 0.00951. The fraction of sp³-hybridized carbons (Fsp3) is 0.464. The molecule has 2 aromatic carbocycles. The van der Waals surface area contributed by atoms with Gasteiger partial charge >= 0.3 is 12.1 Å². The molecule has 2 aromatic rings. The van der Waals surface area contributed by atoms with E-state index in [-0.39, 0.29) is 24.3 Å². The van der Waals surface area contributed by atoms with Crippen LogP contribution in [0.2, 0.25) is 0 Å². The molecule has 0 aromatic heterocycles. The van der Waals surface area contributed by atoms with E-state index in [1.807, 2.05) is 24.3 Å². The summed E-state index contributed by atoms with van der Waals surface area (Å²) in [4.78, 5) is 36.4. The standard InChI is InChI=1S/C28H36N2O5/c1-18(24(31)30-28(4,5)27(2,3)25(32)33)11-10-16-29-26(34)35-17-23-21-14-8-6-12-19(21)20-13-7-9-15-22(20)23/h6-9,12-15,18,23H,10-11,16-17H2,1-5H3,(H,29,34)(H,30,31)(H,32,33). The van der Waals surface area contributed by atoms with Gasteiger partial charge in [0.25, 0.3) is 0 Å². The molecule has 1 aliphatic carbocycles. The van der Waals surface area contributed by atoms with E-state index in [2.05, 4.69) is 34.9 Å². The van der Waals surface area contributed by atoms with Crippen molar-refractivity contribution in [3.63, 3.8) is 0 Å². The van der Waals surface area contributed by atoms with Crippen LogP contribution in [0.15, 0.2) is 48.5 Å². The Kier molecular flexibility index (Phi) is 7.88. The summed E-state index contributed by atoms with van der Waals surface area (Å²) in [6, 6.07) is 16.4. The van der Waals surface area contributed by atoms with Crippen molar-refractivity contribution < 1.29 is 24.2 Å². The molecular weight excluding hydrogens is 444 g/mol. The van der Waals surface area contributed by atoms with E-state index in [9.17, 15) is 19.5 Å². The molecule has 0 saturated heterocycles. The van der Waals surface area contributed by atoms with Crippen LogP contribution in [0.25, 0.3) is 11.1 Å². The van der Waals surface area contributed by atoms with E-state index < -0.39 is 23.0 Å². The van der Waals surface area contributed by atoms with Crippen LogP contribution < -0.4 is 10.6 Å². The lowest BCUT2D eigenvalue weighted by molar-refractivity contribution is -0.152. The molecule has 0 saturated carbocycles. The highest BCUT2D eigenvalue weighted by Crippen LogP contribution is 2.44. The minimum Gasteiger partial charge on any atom is -0.481 e. The number of hydrogen-bond acceptors (Lipinski definition) is 4. The molecule has 188 valence electrons. The van der Waals surface area contributed by atoms with Crippen molar-refractivity contribution in [1.82, 2.24) is 10.6 Å². The Balaban J connectivity index is 1.43. The molecule has 35 heavy (non-hydrogen) atoms. The maximum absolute atomic E-state index is 12.6. The van der Waals surface area contributed by atoms with E-state index in [1.54, 1.807) is 34.6 Å². The van der Waals surface area contributed by atoms with Crippen LogP contribution in [-0.2, 0) is 14.3 Å². The molecule has 0 radical (unpaired) electrons. The van der Waals surface area contributed by atoms with Crippen molar-refractivity contribution in [2.75, 3.05) is 13.2 Å². The number of rotatable bonds is 10. The first-order valence-electron chi connectivity index (χ1n) is 12.1. The quantitative estimate of drug-likeness (QED) is 0.418. The van der Waals surface area contributed by atoms with Gasteiger partial charge in [0.05, 0.1) is 5.41 Å². The first-order chi connectivity index (χ1) is 16.5. The second-order valence-electron chi connectivity index (χ2n) is 10.3. The molecule has 3 N–H and O–H groups in total. The van der Waals surface area contributed by atoms with Crippen molar-refractivity contribution in [3.05, 3.63) is 59.7 Å².